The molecule has 0 amide bonds. The molecule has 3 aromatic rings. The fraction of sp³-hybridized carbons (Fsp3) is 0.429. The van der Waals surface area contributed by atoms with Crippen LogP contribution in [0.15, 0.2) is 24.7 Å². The normalized spacial score (nSPS) is 15.5. The lowest BCUT2D eigenvalue weighted by Crippen LogP contribution is -2.41. The molecule has 0 aliphatic heterocycles. The molecule has 1 aliphatic rings. The van der Waals surface area contributed by atoms with Crippen LogP contribution in [0.1, 0.15) is 35.2 Å². The highest BCUT2D eigenvalue weighted by Crippen LogP contribution is 2.43. The Morgan fingerprint density at radius 2 is 1.79 bits per heavy atom. The van der Waals surface area contributed by atoms with Crippen LogP contribution in [0.2, 0.25) is 5.15 Å². The first kappa shape index (κ1) is 28.7. The van der Waals surface area contributed by atoms with Gasteiger partial charge in [0, 0.05) is 37.0 Å². The Bertz CT molecular complexity index is 1380. The maximum absolute atomic E-state index is 13.9. The zero-order valence-electron chi connectivity index (χ0n) is 19.3. The molecular weight excluding hydrogens is 577 g/mol. The number of carbonyl (C=O) groups excluding carboxylic acids is 1. The minimum Gasteiger partial charge on any atom is -0.408 e. The summed E-state index contributed by atoms with van der Waals surface area (Å²) in [6, 6.07) is 1.37. The van der Waals surface area contributed by atoms with Crippen LogP contribution in [0.3, 0.4) is 0 Å². The molecule has 0 bridgehead atoms. The van der Waals surface area contributed by atoms with Gasteiger partial charge in [-0.15, -0.1) is 18.3 Å². The van der Waals surface area contributed by atoms with Crippen molar-refractivity contribution in [3.63, 3.8) is 0 Å². The van der Waals surface area contributed by atoms with Crippen molar-refractivity contribution in [3.05, 3.63) is 40.9 Å². The summed E-state index contributed by atoms with van der Waals surface area (Å²) in [6.45, 7) is 0. The largest absolute Gasteiger partial charge is 0.525 e. The highest BCUT2D eigenvalue weighted by molar-refractivity contribution is 6.32. The average Bonchev–Trinajstić information content (AvgIpc) is 3.35. The zero-order chi connectivity index (χ0) is 28.9. The fourth-order valence-corrected chi connectivity index (χ4v) is 3.73. The van der Waals surface area contributed by atoms with E-state index in [4.69, 9.17) is 11.6 Å². The Morgan fingerprint density at radius 1 is 1.13 bits per heavy atom. The predicted octanol–water partition coefficient (Wildman–Crippen LogP) is 6.13. The van der Waals surface area contributed by atoms with Gasteiger partial charge in [-0.25, -0.2) is 23.5 Å². The van der Waals surface area contributed by atoms with E-state index < -0.39 is 42.3 Å². The van der Waals surface area contributed by atoms with Gasteiger partial charge in [0.15, 0.2) is 17.2 Å². The highest BCUT2D eigenvalue weighted by Gasteiger charge is 2.53. The summed E-state index contributed by atoms with van der Waals surface area (Å²) >= 11 is 6.03. The van der Waals surface area contributed by atoms with Gasteiger partial charge in [0.05, 0.1) is 11.8 Å². The lowest BCUT2D eigenvalue weighted by molar-refractivity contribution is -0.411. The number of halogens is 10. The van der Waals surface area contributed by atoms with Crippen LogP contribution in [0.25, 0.3) is 16.9 Å². The standard InChI is InChI=1S/C21H15ClF9N5O3/c1-35-17(14(19(24,25)26)16(34-35)38-20(27,28)18(23)39-21(29,30)31)36-8-11(7-33-36)10-5-12(15(22)32-6-10)13(37)4-9-2-3-9/h5-9,18H,2-4H2,1H3. The molecule has 0 aromatic carbocycles. The summed E-state index contributed by atoms with van der Waals surface area (Å²) in [6.07, 6.45) is -16.0. The van der Waals surface area contributed by atoms with Crippen molar-refractivity contribution < 1.29 is 53.8 Å². The van der Waals surface area contributed by atoms with E-state index >= 15 is 0 Å². The number of hydrogen-bond donors (Lipinski definition) is 0. The molecule has 0 radical (unpaired) electrons. The van der Waals surface area contributed by atoms with Crippen molar-refractivity contribution in [1.29, 1.82) is 0 Å². The molecule has 1 aliphatic carbocycles. The smallest absolute Gasteiger partial charge is 0.408 e. The second-order valence-corrected chi connectivity index (χ2v) is 8.83. The van der Waals surface area contributed by atoms with E-state index in [9.17, 15) is 44.3 Å². The number of ketones is 1. The number of ether oxygens (including phenoxy) is 2. The first-order valence-electron chi connectivity index (χ1n) is 10.8. The van der Waals surface area contributed by atoms with Crippen LogP contribution in [0.4, 0.5) is 39.5 Å². The Morgan fingerprint density at radius 3 is 2.38 bits per heavy atom. The molecular formula is C21H15ClF9N5O3. The maximum Gasteiger partial charge on any atom is 0.525 e. The van der Waals surface area contributed by atoms with Gasteiger partial charge in [0.2, 0.25) is 0 Å². The van der Waals surface area contributed by atoms with Crippen molar-refractivity contribution >= 4 is 17.4 Å². The minimum atomic E-state index is -5.88. The molecule has 3 aromatic heterocycles. The summed E-state index contributed by atoms with van der Waals surface area (Å²) in [5, 5.41) is 6.83. The van der Waals surface area contributed by atoms with Gasteiger partial charge in [-0.05, 0) is 24.8 Å². The van der Waals surface area contributed by atoms with Crippen molar-refractivity contribution in [2.45, 2.75) is 44.3 Å². The van der Waals surface area contributed by atoms with Gasteiger partial charge in [-0.1, -0.05) is 11.6 Å². The third-order valence-electron chi connectivity index (χ3n) is 5.45. The van der Waals surface area contributed by atoms with Crippen molar-refractivity contribution in [2.75, 3.05) is 0 Å². The van der Waals surface area contributed by atoms with Gasteiger partial charge >= 0.3 is 25.0 Å². The summed E-state index contributed by atoms with van der Waals surface area (Å²) in [7, 11) is 0.870. The molecule has 39 heavy (non-hydrogen) atoms. The average molecular weight is 592 g/mol. The topological polar surface area (TPSA) is 84.1 Å². The molecule has 1 atom stereocenters. The molecule has 212 valence electrons. The van der Waals surface area contributed by atoms with Crippen LogP contribution in [0.5, 0.6) is 5.88 Å². The number of alkyl halides is 9. The van der Waals surface area contributed by atoms with Gasteiger partial charge < -0.3 is 4.74 Å². The van der Waals surface area contributed by atoms with Crippen LogP contribution < -0.4 is 4.74 Å². The Kier molecular flexibility index (Phi) is 7.35. The van der Waals surface area contributed by atoms with E-state index in [1.165, 1.54) is 12.3 Å². The summed E-state index contributed by atoms with van der Waals surface area (Å²) in [5.74, 6) is -2.98. The molecule has 0 saturated heterocycles. The SMILES string of the molecule is Cn1nc(OC(F)(F)C(F)OC(F)(F)F)c(C(F)(F)F)c1-n1cc(-c2cnc(Cl)c(C(=O)CC3CC3)c2)cn1. The summed E-state index contributed by atoms with van der Waals surface area (Å²) < 4.78 is 126. The lowest BCUT2D eigenvalue weighted by atomic mass is 10.0. The lowest BCUT2D eigenvalue weighted by Gasteiger charge is -2.21. The van der Waals surface area contributed by atoms with E-state index in [2.05, 4.69) is 24.7 Å². The maximum atomic E-state index is 13.9. The second-order valence-electron chi connectivity index (χ2n) is 8.48. The molecule has 8 nitrogen and oxygen atoms in total. The molecule has 1 unspecified atom stereocenters. The van der Waals surface area contributed by atoms with E-state index in [-0.39, 0.29) is 40.0 Å². The minimum absolute atomic E-state index is 0.0776. The second kappa shape index (κ2) is 10.0. The first-order chi connectivity index (χ1) is 18.0. The molecule has 1 saturated carbocycles. The van der Waals surface area contributed by atoms with Crippen LogP contribution in [-0.4, -0.2) is 49.2 Å². The predicted molar refractivity (Wildman–Crippen MR) is 113 cm³/mol. The number of aromatic nitrogens is 5. The number of rotatable bonds is 9. The number of aryl methyl sites for hydroxylation is 1. The number of hydrogen-bond acceptors (Lipinski definition) is 6. The number of pyridine rings is 1. The van der Waals surface area contributed by atoms with E-state index in [0.29, 0.717) is 9.36 Å². The molecule has 18 heteroatoms. The monoisotopic (exact) mass is 591 g/mol. The molecule has 0 N–H and O–H groups in total. The van der Waals surface area contributed by atoms with Crippen LogP contribution >= 0.6 is 11.6 Å². The fourth-order valence-electron chi connectivity index (χ4n) is 3.52. The van der Waals surface area contributed by atoms with Crippen molar-refractivity contribution in [1.82, 2.24) is 24.5 Å². The molecule has 1 fully saturated rings. The van der Waals surface area contributed by atoms with Crippen LogP contribution in [0, 0.1) is 5.92 Å². The Balaban J connectivity index is 1.69. The summed E-state index contributed by atoms with van der Waals surface area (Å²) in [4.78, 5) is 16.4. The van der Waals surface area contributed by atoms with E-state index in [1.54, 1.807) is 0 Å². The van der Waals surface area contributed by atoms with E-state index in [0.717, 1.165) is 32.3 Å². The molecule has 4 rings (SSSR count). The molecule has 0 spiro atoms. The van der Waals surface area contributed by atoms with Crippen molar-refractivity contribution in [3.8, 4) is 22.8 Å². The first-order valence-corrected chi connectivity index (χ1v) is 11.2. The van der Waals surface area contributed by atoms with Crippen molar-refractivity contribution in [2.24, 2.45) is 13.0 Å². The Hall–Kier alpha value is -3.34. The number of Topliss-reactive ketones (excluding diaryl/α,β-unsaturated/α-hetero) is 1. The number of carbonyl (C=O) groups is 1. The summed E-state index contributed by atoms with van der Waals surface area (Å²) in [5.41, 5.74) is -1.55. The number of nitrogens with zero attached hydrogens (tertiary/aromatic N) is 5. The van der Waals surface area contributed by atoms with Crippen LogP contribution in [-0.2, 0) is 18.0 Å². The van der Waals surface area contributed by atoms with Gasteiger partial charge in [0.25, 0.3) is 5.88 Å². The van der Waals surface area contributed by atoms with Gasteiger partial charge in [-0.2, -0.15) is 27.1 Å². The van der Waals surface area contributed by atoms with Gasteiger partial charge in [0.1, 0.15) is 5.15 Å². The Labute approximate surface area is 217 Å². The van der Waals surface area contributed by atoms with Gasteiger partial charge in [-0.3, -0.25) is 4.79 Å². The van der Waals surface area contributed by atoms with E-state index in [1.807, 2.05) is 0 Å². The third-order valence-corrected chi connectivity index (χ3v) is 5.75. The zero-order valence-corrected chi connectivity index (χ0v) is 20.1. The third kappa shape index (κ3) is 6.46. The molecule has 3 heterocycles. The highest BCUT2D eigenvalue weighted by atomic mass is 35.5. The quantitative estimate of drug-likeness (QED) is 0.169.